The van der Waals surface area contributed by atoms with Gasteiger partial charge in [-0.3, -0.25) is 9.59 Å². The van der Waals surface area contributed by atoms with Crippen LogP contribution in [-0.4, -0.2) is 11.9 Å². The standard InChI is InChI=1S/2C10H10O2.C4H8/c2*1-9(11)12-8-7-10-5-3-2-4-6-10;1-4(2)3/h2*2-8H,1H3;1H2,2-3H3. The van der Waals surface area contributed by atoms with Crippen molar-refractivity contribution in [2.45, 2.75) is 27.7 Å². The van der Waals surface area contributed by atoms with Crippen molar-refractivity contribution < 1.29 is 19.1 Å². The third-order valence-corrected chi connectivity index (χ3v) is 2.59. The Kier molecular flexibility index (Phi) is 13.9. The van der Waals surface area contributed by atoms with E-state index in [0.717, 1.165) is 11.1 Å². The number of esters is 2. The number of hydrogen-bond donors (Lipinski definition) is 0. The van der Waals surface area contributed by atoms with Crippen LogP contribution in [-0.2, 0) is 19.1 Å². The first-order valence-electron chi connectivity index (χ1n) is 8.71. The zero-order valence-electron chi connectivity index (χ0n) is 16.9. The summed E-state index contributed by atoms with van der Waals surface area (Å²) < 4.78 is 9.25. The summed E-state index contributed by atoms with van der Waals surface area (Å²) in [5.41, 5.74) is 3.19. The van der Waals surface area contributed by atoms with Crippen molar-refractivity contribution in [1.82, 2.24) is 0 Å². The SMILES string of the molecule is C=C(C)C.CC(=O)OC=Cc1ccccc1.CC(=O)OC=Cc1ccccc1. The van der Waals surface area contributed by atoms with Crippen LogP contribution < -0.4 is 0 Å². The maximum Gasteiger partial charge on any atom is 0.307 e. The Morgan fingerprint density at radius 3 is 1.21 bits per heavy atom. The summed E-state index contributed by atoms with van der Waals surface area (Å²) in [6.07, 6.45) is 6.25. The highest BCUT2D eigenvalue weighted by atomic mass is 16.5. The average molecular weight is 380 g/mol. The van der Waals surface area contributed by atoms with E-state index in [0.29, 0.717) is 0 Å². The lowest BCUT2D eigenvalue weighted by Gasteiger charge is -1.91. The van der Waals surface area contributed by atoms with E-state index < -0.39 is 0 Å². The minimum absolute atomic E-state index is 0.304. The largest absolute Gasteiger partial charge is 0.435 e. The van der Waals surface area contributed by atoms with Crippen molar-refractivity contribution in [3.8, 4) is 0 Å². The van der Waals surface area contributed by atoms with Crippen LogP contribution in [0.15, 0.2) is 85.3 Å². The summed E-state index contributed by atoms with van der Waals surface area (Å²) in [5.74, 6) is -0.607. The number of benzene rings is 2. The van der Waals surface area contributed by atoms with Gasteiger partial charge in [0.25, 0.3) is 0 Å². The van der Waals surface area contributed by atoms with Crippen molar-refractivity contribution in [3.05, 3.63) is 96.5 Å². The van der Waals surface area contributed by atoms with Crippen LogP contribution in [0.3, 0.4) is 0 Å². The van der Waals surface area contributed by atoms with E-state index >= 15 is 0 Å². The Labute approximate surface area is 167 Å². The second-order valence-electron chi connectivity index (χ2n) is 5.85. The second kappa shape index (κ2) is 15.8. The highest BCUT2D eigenvalue weighted by molar-refractivity contribution is 5.68. The zero-order valence-corrected chi connectivity index (χ0v) is 16.9. The van der Waals surface area contributed by atoms with Crippen LogP contribution in [0.4, 0.5) is 0 Å². The molecule has 0 atom stereocenters. The Hall–Kier alpha value is -3.40. The van der Waals surface area contributed by atoms with Gasteiger partial charge in [-0.25, -0.2) is 0 Å². The molecule has 0 radical (unpaired) electrons. The minimum Gasteiger partial charge on any atom is -0.435 e. The fourth-order valence-corrected chi connectivity index (χ4v) is 1.55. The van der Waals surface area contributed by atoms with E-state index in [-0.39, 0.29) is 11.9 Å². The van der Waals surface area contributed by atoms with Gasteiger partial charge in [0.1, 0.15) is 0 Å². The van der Waals surface area contributed by atoms with E-state index in [1.165, 1.54) is 31.9 Å². The molecule has 4 nitrogen and oxygen atoms in total. The number of hydrogen-bond acceptors (Lipinski definition) is 4. The first-order chi connectivity index (χ1) is 13.3. The number of carbonyl (C=O) groups excluding carboxylic acids is 2. The van der Waals surface area contributed by atoms with Gasteiger partial charge in [-0.15, -0.1) is 6.58 Å². The highest BCUT2D eigenvalue weighted by Crippen LogP contribution is 2.01. The predicted octanol–water partition coefficient (Wildman–Crippen LogP) is 6.02. The predicted molar refractivity (Wildman–Crippen MR) is 115 cm³/mol. The molecule has 0 unspecified atom stereocenters. The maximum atomic E-state index is 10.4. The average Bonchev–Trinajstić information content (AvgIpc) is 2.63. The lowest BCUT2D eigenvalue weighted by Crippen LogP contribution is -1.88. The molecule has 4 heteroatoms. The van der Waals surface area contributed by atoms with Crippen molar-refractivity contribution in [3.63, 3.8) is 0 Å². The van der Waals surface area contributed by atoms with Gasteiger partial charge in [-0.05, 0) is 37.1 Å². The topological polar surface area (TPSA) is 52.6 Å². The number of carbonyl (C=O) groups is 2. The third-order valence-electron chi connectivity index (χ3n) is 2.59. The molecule has 2 aromatic rings. The molecule has 148 valence electrons. The van der Waals surface area contributed by atoms with Gasteiger partial charge in [0, 0.05) is 13.8 Å². The molecule has 0 fully saturated rings. The van der Waals surface area contributed by atoms with Crippen molar-refractivity contribution >= 4 is 24.1 Å². The fraction of sp³-hybridized carbons (Fsp3) is 0.167. The van der Waals surface area contributed by atoms with E-state index in [1.54, 1.807) is 12.2 Å². The van der Waals surface area contributed by atoms with Crippen LogP contribution in [0, 0.1) is 0 Å². The number of ether oxygens (including phenoxy) is 2. The molecule has 0 N–H and O–H groups in total. The second-order valence-corrected chi connectivity index (χ2v) is 5.85. The van der Waals surface area contributed by atoms with Gasteiger partial charge in [0.2, 0.25) is 0 Å². The Morgan fingerprint density at radius 1 is 0.679 bits per heavy atom. The summed E-state index contributed by atoms with van der Waals surface area (Å²) in [4.78, 5) is 20.7. The van der Waals surface area contributed by atoms with Crippen molar-refractivity contribution in [1.29, 1.82) is 0 Å². The van der Waals surface area contributed by atoms with Crippen LogP contribution in [0.1, 0.15) is 38.8 Å². The molecule has 0 aliphatic carbocycles. The smallest absolute Gasteiger partial charge is 0.307 e. The third kappa shape index (κ3) is 17.4. The van der Waals surface area contributed by atoms with Gasteiger partial charge in [0.05, 0.1) is 12.5 Å². The van der Waals surface area contributed by atoms with E-state index in [1.807, 2.05) is 74.5 Å². The molecule has 28 heavy (non-hydrogen) atoms. The molecule has 0 heterocycles. The first kappa shape index (κ1) is 24.6. The lowest BCUT2D eigenvalue weighted by molar-refractivity contribution is -0.136. The molecule has 0 spiro atoms. The molecule has 2 rings (SSSR count). The van der Waals surface area contributed by atoms with E-state index in [4.69, 9.17) is 0 Å². The highest BCUT2D eigenvalue weighted by Gasteiger charge is 1.86. The van der Waals surface area contributed by atoms with Crippen molar-refractivity contribution in [2.24, 2.45) is 0 Å². The van der Waals surface area contributed by atoms with Crippen LogP contribution >= 0.6 is 0 Å². The molecular weight excluding hydrogens is 352 g/mol. The number of allylic oxidation sites excluding steroid dienone is 1. The molecule has 0 bridgehead atoms. The number of rotatable bonds is 4. The fourth-order valence-electron chi connectivity index (χ4n) is 1.55. The molecular formula is C24H28O4. The van der Waals surface area contributed by atoms with Crippen molar-refractivity contribution in [2.75, 3.05) is 0 Å². The van der Waals surface area contributed by atoms with Gasteiger partial charge < -0.3 is 9.47 Å². The summed E-state index contributed by atoms with van der Waals surface area (Å²) in [6.45, 7) is 10.2. The van der Waals surface area contributed by atoms with Crippen LogP contribution in [0.2, 0.25) is 0 Å². The molecule has 0 aliphatic heterocycles. The first-order valence-corrected chi connectivity index (χ1v) is 8.71. The van der Waals surface area contributed by atoms with Gasteiger partial charge in [-0.1, -0.05) is 66.2 Å². The molecule has 0 saturated carbocycles. The van der Waals surface area contributed by atoms with Gasteiger partial charge in [0.15, 0.2) is 0 Å². The van der Waals surface area contributed by atoms with E-state index in [2.05, 4.69) is 16.1 Å². The minimum atomic E-state index is -0.304. The molecule has 0 aromatic heterocycles. The van der Waals surface area contributed by atoms with Gasteiger partial charge >= 0.3 is 11.9 Å². The normalized spacial score (nSPS) is 9.57. The summed E-state index contributed by atoms with van der Waals surface area (Å²) in [5, 5.41) is 0. The Balaban J connectivity index is 0.000000439. The quantitative estimate of drug-likeness (QED) is 0.369. The van der Waals surface area contributed by atoms with Crippen LogP contribution in [0.5, 0.6) is 0 Å². The Morgan fingerprint density at radius 2 is 0.964 bits per heavy atom. The zero-order chi connectivity index (χ0) is 21.2. The molecule has 0 aliphatic rings. The molecule has 2 aromatic carbocycles. The summed E-state index contributed by atoms with van der Waals surface area (Å²) in [7, 11) is 0. The maximum absolute atomic E-state index is 10.4. The lowest BCUT2D eigenvalue weighted by atomic mass is 10.2. The van der Waals surface area contributed by atoms with Gasteiger partial charge in [-0.2, -0.15) is 0 Å². The monoisotopic (exact) mass is 380 g/mol. The molecule has 0 amide bonds. The van der Waals surface area contributed by atoms with E-state index in [9.17, 15) is 9.59 Å². The summed E-state index contributed by atoms with van der Waals surface area (Å²) in [6, 6.07) is 19.3. The Bertz CT molecular complexity index is 694. The summed E-state index contributed by atoms with van der Waals surface area (Å²) >= 11 is 0. The van der Waals surface area contributed by atoms with Crippen LogP contribution in [0.25, 0.3) is 12.2 Å². The molecule has 0 saturated heterocycles.